The Morgan fingerprint density at radius 3 is 1.12 bits per heavy atom. The van der Waals surface area contributed by atoms with E-state index in [1.54, 1.807) is 0 Å². The van der Waals surface area contributed by atoms with E-state index in [-0.39, 0.29) is 72.9 Å². The quantitative estimate of drug-likeness (QED) is 0.184. The van der Waals surface area contributed by atoms with Gasteiger partial charge in [0.2, 0.25) is 47.3 Å². The van der Waals surface area contributed by atoms with Crippen LogP contribution >= 0.6 is 0 Å². The number of carbonyl (C=O) groups excluding carboxylic acids is 8. The Kier molecular flexibility index (Phi) is 9.19. The van der Waals surface area contributed by atoms with Gasteiger partial charge >= 0.3 is 0 Å². The molecule has 0 bridgehead atoms. The smallest absolute Gasteiger partial charge is 0.237 e. The average molecular weight is 897 g/mol. The minimum Gasteiger partial charge on any atom is -0.285 e. The summed E-state index contributed by atoms with van der Waals surface area (Å²) in [5.74, 6) is -7.74. The predicted molar refractivity (Wildman–Crippen MR) is 244 cm³/mol. The number of rotatable bonds is 5. The van der Waals surface area contributed by atoms with E-state index in [0.29, 0.717) is 31.4 Å². The second kappa shape index (κ2) is 14.7. The molecule has 8 aliphatic rings. The molecule has 4 aromatic carbocycles. The molecule has 4 aliphatic heterocycles. The van der Waals surface area contributed by atoms with Gasteiger partial charge in [-0.25, -0.2) is 0 Å². The van der Waals surface area contributed by atoms with E-state index in [4.69, 9.17) is 0 Å². The topological polar surface area (TPSA) is 150 Å². The van der Waals surface area contributed by atoms with Crippen LogP contribution < -0.4 is 4.90 Å². The molecule has 7 fully saturated rings. The normalized spacial score (nSPS) is 31.6. The van der Waals surface area contributed by atoms with Gasteiger partial charge in [-0.2, -0.15) is 0 Å². The molecule has 12 nitrogen and oxygen atoms in total. The van der Waals surface area contributed by atoms with Crippen LogP contribution in [0.1, 0.15) is 90.3 Å². The van der Waals surface area contributed by atoms with E-state index in [1.807, 2.05) is 24.3 Å². The van der Waals surface area contributed by atoms with Gasteiger partial charge in [-0.05, 0) is 118 Å². The van der Waals surface area contributed by atoms with Crippen LogP contribution in [0, 0.1) is 68.1 Å². The van der Waals surface area contributed by atoms with Crippen molar-refractivity contribution in [2.24, 2.45) is 47.3 Å². The number of anilines is 1. The van der Waals surface area contributed by atoms with E-state index in [0.717, 1.165) is 32.7 Å². The number of imide groups is 4. The molecule has 8 amide bonds. The molecule has 4 aromatic rings. The Balaban J connectivity index is 0.760. The minimum absolute atomic E-state index is 0.121. The molecule has 3 saturated carbocycles. The Hall–Kier alpha value is -6.56. The molecule has 0 N–H and O–H groups in total. The summed E-state index contributed by atoms with van der Waals surface area (Å²) in [6.45, 7) is 6.29. The maximum atomic E-state index is 14.4. The van der Waals surface area contributed by atoms with Gasteiger partial charge in [-0.1, -0.05) is 89.5 Å². The summed E-state index contributed by atoms with van der Waals surface area (Å²) in [6.07, 6.45) is 2.29. The van der Waals surface area contributed by atoms with Crippen LogP contribution in [0.2, 0.25) is 0 Å². The van der Waals surface area contributed by atoms with Gasteiger partial charge in [0.1, 0.15) is 0 Å². The van der Waals surface area contributed by atoms with Crippen molar-refractivity contribution in [3.05, 3.63) is 124 Å². The summed E-state index contributed by atoms with van der Waals surface area (Å²) in [7, 11) is 1.45. The third-order valence-electron chi connectivity index (χ3n) is 17.5. The van der Waals surface area contributed by atoms with Gasteiger partial charge in [0.15, 0.2) is 0 Å². The fraction of sp³-hybridized carbons (Fsp3) is 0.418. The Bertz CT molecular complexity index is 2780. The molecular weight excluding hydrogens is 845 g/mol. The Morgan fingerprint density at radius 1 is 0.403 bits per heavy atom. The first-order valence-electron chi connectivity index (χ1n) is 24.0. The number of hydrogen-bond donors (Lipinski definition) is 0. The Morgan fingerprint density at radius 2 is 0.731 bits per heavy atom. The molecule has 12 rings (SSSR count). The summed E-state index contributed by atoms with van der Waals surface area (Å²) < 4.78 is 0. The van der Waals surface area contributed by atoms with Gasteiger partial charge in [-0.3, -0.25) is 58.0 Å². The highest BCUT2D eigenvalue weighted by Crippen LogP contribution is 2.57. The first kappa shape index (κ1) is 41.8. The molecule has 4 aliphatic carbocycles. The highest BCUT2D eigenvalue weighted by atomic mass is 16.2. The Labute approximate surface area is 388 Å². The van der Waals surface area contributed by atoms with Crippen LogP contribution in [0.3, 0.4) is 0 Å². The van der Waals surface area contributed by atoms with Crippen molar-refractivity contribution in [3.8, 4) is 11.1 Å². The van der Waals surface area contributed by atoms with Gasteiger partial charge in [-0.15, -0.1) is 0 Å². The molecule has 4 saturated heterocycles. The largest absolute Gasteiger partial charge is 0.285 e. The molecule has 8 unspecified atom stereocenters. The zero-order valence-electron chi connectivity index (χ0n) is 38.1. The number of carbonyl (C=O) groups is 8. The van der Waals surface area contributed by atoms with Crippen molar-refractivity contribution in [3.63, 3.8) is 0 Å². The number of likely N-dealkylation sites (tertiary alicyclic amines) is 3. The minimum atomic E-state index is -0.722. The maximum absolute atomic E-state index is 14.4. The van der Waals surface area contributed by atoms with E-state index in [2.05, 4.69) is 81.4 Å². The lowest BCUT2D eigenvalue weighted by molar-refractivity contribution is -0.148. The summed E-state index contributed by atoms with van der Waals surface area (Å²) in [6, 6.07) is 28.9. The second-order valence-corrected chi connectivity index (χ2v) is 20.9. The maximum Gasteiger partial charge on any atom is 0.237 e. The lowest BCUT2D eigenvalue weighted by Crippen LogP contribution is -2.48. The molecular formula is C55H52N4O8. The van der Waals surface area contributed by atoms with Crippen molar-refractivity contribution in [2.45, 2.75) is 89.6 Å². The summed E-state index contributed by atoms with van der Waals surface area (Å²) in [5, 5.41) is 0. The van der Waals surface area contributed by atoms with Crippen molar-refractivity contribution in [1.29, 1.82) is 0 Å². The van der Waals surface area contributed by atoms with Gasteiger partial charge in [0.05, 0.1) is 58.4 Å². The molecule has 8 atom stereocenters. The van der Waals surface area contributed by atoms with Crippen LogP contribution in [0.25, 0.3) is 11.1 Å². The zero-order chi connectivity index (χ0) is 46.5. The van der Waals surface area contributed by atoms with E-state index in [9.17, 15) is 38.4 Å². The van der Waals surface area contributed by atoms with Crippen molar-refractivity contribution >= 4 is 52.9 Å². The summed E-state index contributed by atoms with van der Waals surface area (Å²) in [4.78, 5) is 115. The van der Waals surface area contributed by atoms with Crippen molar-refractivity contribution in [2.75, 3.05) is 11.9 Å². The fourth-order valence-corrected chi connectivity index (χ4v) is 14.1. The molecule has 67 heavy (non-hydrogen) atoms. The summed E-state index contributed by atoms with van der Waals surface area (Å²) in [5.41, 5.74) is 10.1. The van der Waals surface area contributed by atoms with Gasteiger partial charge in [0, 0.05) is 19.1 Å². The van der Waals surface area contributed by atoms with E-state index >= 15 is 0 Å². The number of hydrogen-bond acceptors (Lipinski definition) is 8. The first-order chi connectivity index (χ1) is 32.2. The number of benzene rings is 4. The number of amides is 8. The van der Waals surface area contributed by atoms with Crippen LogP contribution in [0.4, 0.5) is 5.69 Å². The molecule has 340 valence electrons. The number of fused-ring (bicyclic) bond motifs is 7. The summed E-state index contributed by atoms with van der Waals surface area (Å²) >= 11 is 0. The van der Waals surface area contributed by atoms with Gasteiger partial charge in [0.25, 0.3) is 0 Å². The SMILES string of the molecule is Cc1ccc(C2(c3ccc(N4C(=O)C5CC6C(=O)N(C7CCC(N8C(=O)C9CC%10C(=O)N(C)C(=O)C%10CC9C8=O)CC7)C(=O)C6CC5C4=O)cc3)c3cc(C)ccc3-c3ccc(C)cc32)cc1. The van der Waals surface area contributed by atoms with Crippen LogP contribution in [0.15, 0.2) is 84.9 Å². The van der Waals surface area contributed by atoms with E-state index in [1.165, 1.54) is 44.0 Å². The number of aryl methyl sites for hydroxylation is 3. The second-order valence-electron chi connectivity index (χ2n) is 20.9. The highest BCUT2D eigenvalue weighted by molar-refractivity contribution is 6.23. The molecule has 0 spiro atoms. The number of nitrogens with zero attached hydrogens (tertiary/aromatic N) is 4. The first-order valence-corrected chi connectivity index (χ1v) is 24.0. The average Bonchev–Trinajstić information content (AvgIpc) is 4.00. The molecule has 4 heterocycles. The predicted octanol–water partition coefficient (Wildman–Crippen LogP) is 6.41. The van der Waals surface area contributed by atoms with Crippen LogP contribution in [-0.4, -0.2) is 81.1 Å². The highest BCUT2D eigenvalue weighted by Gasteiger charge is 2.63. The van der Waals surface area contributed by atoms with E-state index < -0.39 is 64.8 Å². The third kappa shape index (κ3) is 5.70. The zero-order valence-corrected chi connectivity index (χ0v) is 38.1. The van der Waals surface area contributed by atoms with Crippen LogP contribution in [-0.2, 0) is 43.8 Å². The molecule has 0 aromatic heterocycles. The van der Waals surface area contributed by atoms with Crippen molar-refractivity contribution in [1.82, 2.24) is 14.7 Å². The van der Waals surface area contributed by atoms with Gasteiger partial charge < -0.3 is 0 Å². The molecule has 12 heteroatoms. The van der Waals surface area contributed by atoms with Crippen LogP contribution in [0.5, 0.6) is 0 Å². The third-order valence-corrected chi connectivity index (χ3v) is 17.5. The lowest BCUT2D eigenvalue weighted by Gasteiger charge is -2.37. The van der Waals surface area contributed by atoms with Crippen molar-refractivity contribution < 1.29 is 38.4 Å². The fourth-order valence-electron chi connectivity index (χ4n) is 14.1. The monoisotopic (exact) mass is 896 g/mol. The standard InChI is InChI=1S/C55H52N4O8/c1-27-5-9-30(10-6-27)55(45-21-28(2)7-19-35(45)36-20-8-29(3)22-46(36)55)31-11-13-32(14-12-31)57-51(64)41-25-43-44(26-42(41)52(57)65)54(67)59(53(43)66)34-17-15-33(16-18-34)58-49(62)39-23-37-38(24-40(39)50(58)63)48(61)56(4)47(37)60/h5-14,19-22,33-34,37-44H,15-18,23-26H2,1-4H3. The lowest BCUT2D eigenvalue weighted by atomic mass is 9.67. The molecule has 0 radical (unpaired) electrons.